The summed E-state index contributed by atoms with van der Waals surface area (Å²) in [7, 11) is 3.32. The second kappa shape index (κ2) is 9.90. The van der Waals surface area contributed by atoms with Gasteiger partial charge in [0.1, 0.15) is 11.5 Å². The third kappa shape index (κ3) is 4.23. The van der Waals surface area contributed by atoms with Gasteiger partial charge in [-0.1, -0.05) is 24.3 Å². The van der Waals surface area contributed by atoms with Crippen molar-refractivity contribution in [2.45, 2.75) is 39.8 Å². The number of aryl methyl sites for hydroxylation is 3. The van der Waals surface area contributed by atoms with Gasteiger partial charge >= 0.3 is 0 Å². The lowest BCUT2D eigenvalue weighted by atomic mass is 9.96. The zero-order valence-corrected chi connectivity index (χ0v) is 22.9. The molecule has 0 saturated carbocycles. The van der Waals surface area contributed by atoms with Gasteiger partial charge in [0.25, 0.3) is 0 Å². The molecule has 1 fully saturated rings. The maximum absolute atomic E-state index is 5.96. The first-order valence-electron chi connectivity index (χ1n) is 12.3. The van der Waals surface area contributed by atoms with E-state index in [1.807, 2.05) is 42.6 Å². The molecule has 4 aromatic rings. The molecule has 2 atom stereocenters. The molecule has 0 unspecified atom stereocenters. The first-order valence-corrected chi connectivity index (χ1v) is 12.7. The van der Waals surface area contributed by atoms with Gasteiger partial charge in [-0.2, -0.15) is 0 Å². The van der Waals surface area contributed by atoms with Crippen molar-refractivity contribution in [3.8, 4) is 17.2 Å². The van der Waals surface area contributed by atoms with E-state index in [0.717, 1.165) is 17.1 Å². The Labute approximate surface area is 223 Å². The standard InChI is InChI=1S/C30H32N4O2S/c1-18-10-9-11-19(2)28(18)33-20(3)16-23(21(33)4)29-27(24-12-7-8-15-31-24)32-30(37)34(29)25-14-13-22(35-5)17-26(25)36-6/h7-17,27,29H,1-6H3,(H,32,37)/t27-,29+/m1/s1. The molecular formula is C30H32N4O2S. The fraction of sp³-hybridized carbons (Fsp3) is 0.267. The predicted molar refractivity (Wildman–Crippen MR) is 152 cm³/mol. The molecule has 2 aromatic heterocycles. The number of thiocarbonyl (C=S) groups is 1. The fourth-order valence-electron chi connectivity index (χ4n) is 5.50. The van der Waals surface area contributed by atoms with E-state index in [0.29, 0.717) is 10.9 Å². The van der Waals surface area contributed by atoms with Gasteiger partial charge in [-0.25, -0.2) is 0 Å². The van der Waals surface area contributed by atoms with Crippen molar-refractivity contribution < 1.29 is 9.47 Å². The number of para-hydroxylation sites is 1. The number of hydrogen-bond donors (Lipinski definition) is 1. The fourth-order valence-corrected chi connectivity index (χ4v) is 5.84. The highest BCUT2D eigenvalue weighted by molar-refractivity contribution is 7.80. The molecule has 0 aliphatic carbocycles. The average Bonchev–Trinajstić information content (AvgIpc) is 3.39. The van der Waals surface area contributed by atoms with E-state index in [1.54, 1.807) is 14.2 Å². The highest BCUT2D eigenvalue weighted by Gasteiger charge is 2.43. The summed E-state index contributed by atoms with van der Waals surface area (Å²) in [5, 5.41) is 4.19. The van der Waals surface area contributed by atoms with Crippen LogP contribution in [0, 0.1) is 27.7 Å². The molecule has 2 aromatic carbocycles. The van der Waals surface area contributed by atoms with Crippen LogP contribution in [-0.2, 0) is 0 Å². The number of aromatic nitrogens is 2. The highest BCUT2D eigenvalue weighted by Crippen LogP contribution is 2.47. The molecule has 0 radical (unpaired) electrons. The largest absolute Gasteiger partial charge is 0.497 e. The molecule has 5 rings (SSSR count). The molecule has 0 bridgehead atoms. The van der Waals surface area contributed by atoms with Gasteiger partial charge in [-0.3, -0.25) is 4.98 Å². The SMILES string of the molecule is COc1ccc(N2C(=S)N[C@H](c3ccccn3)[C@@H]2c2cc(C)n(-c3c(C)cccc3C)c2C)c(OC)c1. The minimum absolute atomic E-state index is 0.144. The summed E-state index contributed by atoms with van der Waals surface area (Å²) in [6.45, 7) is 8.68. The van der Waals surface area contributed by atoms with Crippen LogP contribution >= 0.6 is 12.2 Å². The van der Waals surface area contributed by atoms with Crippen LogP contribution in [0.15, 0.2) is 66.9 Å². The molecule has 1 N–H and O–H groups in total. The van der Waals surface area contributed by atoms with Crippen LogP contribution in [0.1, 0.15) is 45.9 Å². The zero-order valence-electron chi connectivity index (χ0n) is 22.1. The Balaban J connectivity index is 1.73. The van der Waals surface area contributed by atoms with E-state index in [-0.39, 0.29) is 12.1 Å². The second-order valence-electron chi connectivity index (χ2n) is 9.44. The van der Waals surface area contributed by atoms with Crippen molar-refractivity contribution in [2.75, 3.05) is 19.1 Å². The minimum Gasteiger partial charge on any atom is -0.497 e. The normalized spacial score (nSPS) is 17.1. The Morgan fingerprint density at radius 1 is 0.892 bits per heavy atom. The molecule has 0 spiro atoms. The lowest BCUT2D eigenvalue weighted by Gasteiger charge is -2.29. The van der Waals surface area contributed by atoms with Crippen LogP contribution in [0.25, 0.3) is 5.69 Å². The van der Waals surface area contributed by atoms with Crippen molar-refractivity contribution >= 4 is 23.0 Å². The first kappa shape index (κ1) is 24.8. The van der Waals surface area contributed by atoms with E-state index in [2.05, 4.69) is 66.7 Å². The molecule has 0 amide bonds. The minimum atomic E-state index is -0.146. The molecule has 3 heterocycles. The lowest BCUT2D eigenvalue weighted by Crippen LogP contribution is -2.30. The Morgan fingerprint density at radius 3 is 2.30 bits per heavy atom. The summed E-state index contributed by atoms with van der Waals surface area (Å²) in [5.74, 6) is 1.42. The van der Waals surface area contributed by atoms with Crippen LogP contribution in [0.5, 0.6) is 11.5 Å². The molecule has 7 heteroatoms. The first-order chi connectivity index (χ1) is 17.8. The van der Waals surface area contributed by atoms with E-state index >= 15 is 0 Å². The van der Waals surface area contributed by atoms with Crippen molar-refractivity contribution in [1.29, 1.82) is 0 Å². The Hall–Kier alpha value is -3.84. The molecule has 1 saturated heterocycles. The number of hydrogen-bond acceptors (Lipinski definition) is 4. The monoisotopic (exact) mass is 512 g/mol. The number of methoxy groups -OCH3 is 2. The topological polar surface area (TPSA) is 51.5 Å². The van der Waals surface area contributed by atoms with Crippen LogP contribution < -0.4 is 19.7 Å². The van der Waals surface area contributed by atoms with Crippen LogP contribution in [0.4, 0.5) is 5.69 Å². The van der Waals surface area contributed by atoms with Gasteiger partial charge < -0.3 is 24.3 Å². The van der Waals surface area contributed by atoms with Crippen molar-refractivity contribution in [1.82, 2.24) is 14.9 Å². The van der Waals surface area contributed by atoms with Gasteiger partial charge in [-0.15, -0.1) is 0 Å². The van der Waals surface area contributed by atoms with Gasteiger partial charge in [-0.05, 0) is 86.9 Å². The second-order valence-corrected chi connectivity index (χ2v) is 9.82. The van der Waals surface area contributed by atoms with Gasteiger partial charge in [0.05, 0.1) is 43.4 Å². The molecule has 37 heavy (non-hydrogen) atoms. The number of pyridine rings is 1. The predicted octanol–water partition coefficient (Wildman–Crippen LogP) is 6.30. The van der Waals surface area contributed by atoms with E-state index in [4.69, 9.17) is 26.7 Å². The third-order valence-corrected chi connectivity index (χ3v) is 7.51. The summed E-state index contributed by atoms with van der Waals surface area (Å²) < 4.78 is 13.6. The number of nitrogens with zero attached hydrogens (tertiary/aromatic N) is 3. The van der Waals surface area contributed by atoms with E-state index in [9.17, 15) is 0 Å². The van der Waals surface area contributed by atoms with Gasteiger partial charge in [0.15, 0.2) is 5.11 Å². The van der Waals surface area contributed by atoms with Gasteiger partial charge in [0.2, 0.25) is 0 Å². The molecule has 1 aliphatic heterocycles. The maximum atomic E-state index is 5.96. The van der Waals surface area contributed by atoms with Gasteiger partial charge in [0, 0.05) is 23.7 Å². The maximum Gasteiger partial charge on any atom is 0.174 e. The highest BCUT2D eigenvalue weighted by atomic mass is 32.1. The lowest BCUT2D eigenvalue weighted by molar-refractivity contribution is 0.394. The third-order valence-electron chi connectivity index (χ3n) is 7.20. The van der Waals surface area contributed by atoms with Crippen LogP contribution in [0.2, 0.25) is 0 Å². The van der Waals surface area contributed by atoms with Crippen molar-refractivity contribution in [3.05, 3.63) is 101 Å². The smallest absolute Gasteiger partial charge is 0.174 e. The Morgan fingerprint density at radius 2 is 1.65 bits per heavy atom. The molecule has 190 valence electrons. The summed E-state index contributed by atoms with van der Waals surface area (Å²) >= 11 is 5.96. The Bertz CT molecular complexity index is 1440. The zero-order chi connectivity index (χ0) is 26.3. The van der Waals surface area contributed by atoms with E-state index < -0.39 is 0 Å². The van der Waals surface area contributed by atoms with E-state index in [1.165, 1.54) is 33.8 Å². The molecular weight excluding hydrogens is 480 g/mol. The average molecular weight is 513 g/mol. The number of ether oxygens (including phenoxy) is 2. The quantitative estimate of drug-likeness (QED) is 0.306. The van der Waals surface area contributed by atoms with Crippen molar-refractivity contribution in [2.24, 2.45) is 0 Å². The molecule has 6 nitrogen and oxygen atoms in total. The summed E-state index contributed by atoms with van der Waals surface area (Å²) in [6, 6.07) is 20.3. The number of rotatable bonds is 6. The number of benzene rings is 2. The number of anilines is 1. The Kier molecular flexibility index (Phi) is 6.65. The number of nitrogens with one attached hydrogen (secondary N) is 1. The molecule has 1 aliphatic rings. The van der Waals surface area contributed by atoms with Crippen LogP contribution in [0.3, 0.4) is 0 Å². The summed E-state index contributed by atoms with van der Waals surface area (Å²) in [4.78, 5) is 6.86. The van der Waals surface area contributed by atoms with Crippen LogP contribution in [-0.4, -0.2) is 28.9 Å². The summed E-state index contributed by atoms with van der Waals surface area (Å²) in [6.07, 6.45) is 1.83. The summed E-state index contributed by atoms with van der Waals surface area (Å²) in [5.41, 5.74) is 9.03. The van der Waals surface area contributed by atoms with Crippen molar-refractivity contribution in [3.63, 3.8) is 0 Å².